The molecule has 25 heavy (non-hydrogen) atoms. The molecular formula is C16H13F5N2O2. The molecule has 1 fully saturated rings. The minimum atomic E-state index is -2.27. The van der Waals surface area contributed by atoms with Crippen LogP contribution in [0.4, 0.5) is 22.0 Å². The number of rotatable bonds is 2. The Bertz CT molecular complexity index is 862. The van der Waals surface area contributed by atoms with E-state index in [1.54, 1.807) is 0 Å². The van der Waals surface area contributed by atoms with Gasteiger partial charge in [-0.2, -0.15) is 5.10 Å². The second-order valence-corrected chi connectivity index (χ2v) is 5.76. The molecule has 134 valence electrons. The van der Waals surface area contributed by atoms with Crippen molar-refractivity contribution < 1.29 is 26.7 Å². The van der Waals surface area contributed by atoms with Crippen LogP contribution in [0, 0.1) is 36.0 Å². The van der Waals surface area contributed by atoms with Crippen molar-refractivity contribution in [3.05, 3.63) is 50.7 Å². The molecule has 0 aliphatic carbocycles. The molecule has 2 heterocycles. The first kappa shape index (κ1) is 17.5. The molecule has 1 aliphatic rings. The van der Waals surface area contributed by atoms with E-state index in [4.69, 9.17) is 4.74 Å². The van der Waals surface area contributed by atoms with E-state index >= 15 is 0 Å². The molecule has 1 aliphatic heterocycles. The first-order valence-electron chi connectivity index (χ1n) is 7.53. The van der Waals surface area contributed by atoms with Gasteiger partial charge in [0, 0.05) is 13.2 Å². The van der Waals surface area contributed by atoms with Crippen LogP contribution >= 0.6 is 0 Å². The highest BCUT2D eigenvalue weighted by molar-refractivity contribution is 5.69. The molecule has 1 saturated heterocycles. The van der Waals surface area contributed by atoms with Gasteiger partial charge >= 0.3 is 0 Å². The number of halogens is 5. The third-order valence-corrected chi connectivity index (χ3v) is 4.30. The average molecular weight is 360 g/mol. The van der Waals surface area contributed by atoms with Crippen LogP contribution in [0.1, 0.15) is 30.0 Å². The zero-order valence-electron chi connectivity index (χ0n) is 13.1. The summed E-state index contributed by atoms with van der Waals surface area (Å²) in [4.78, 5) is 12.2. The fourth-order valence-corrected chi connectivity index (χ4v) is 3.11. The predicted octanol–water partition coefficient (Wildman–Crippen LogP) is 3.33. The van der Waals surface area contributed by atoms with E-state index in [0.29, 0.717) is 26.1 Å². The molecule has 9 heteroatoms. The largest absolute Gasteiger partial charge is 0.381 e. The molecule has 0 saturated carbocycles. The van der Waals surface area contributed by atoms with E-state index in [9.17, 15) is 26.7 Å². The number of aromatic amines is 1. The second kappa shape index (κ2) is 6.55. The Balaban J connectivity index is 2.36. The lowest BCUT2D eigenvalue weighted by atomic mass is 9.85. The topological polar surface area (TPSA) is 55.0 Å². The Morgan fingerprint density at radius 1 is 0.920 bits per heavy atom. The van der Waals surface area contributed by atoms with Crippen molar-refractivity contribution in [1.29, 1.82) is 0 Å². The lowest BCUT2D eigenvalue weighted by Crippen LogP contribution is -2.23. The van der Waals surface area contributed by atoms with Crippen LogP contribution in [0.5, 0.6) is 0 Å². The number of ether oxygens (including phenoxy) is 1. The maximum absolute atomic E-state index is 14.2. The minimum Gasteiger partial charge on any atom is -0.381 e. The lowest BCUT2D eigenvalue weighted by Gasteiger charge is -2.25. The van der Waals surface area contributed by atoms with Crippen LogP contribution in [0.3, 0.4) is 0 Å². The van der Waals surface area contributed by atoms with Gasteiger partial charge in [-0.15, -0.1) is 0 Å². The molecule has 0 unspecified atom stereocenters. The summed E-state index contributed by atoms with van der Waals surface area (Å²) in [7, 11) is 0. The molecule has 3 rings (SSSR count). The lowest BCUT2D eigenvalue weighted by molar-refractivity contribution is 0.0852. The maximum Gasteiger partial charge on any atom is 0.272 e. The molecule has 0 amide bonds. The van der Waals surface area contributed by atoms with Gasteiger partial charge < -0.3 is 4.74 Å². The average Bonchev–Trinajstić information content (AvgIpc) is 2.62. The van der Waals surface area contributed by atoms with E-state index in [1.165, 1.54) is 6.92 Å². The van der Waals surface area contributed by atoms with Crippen LogP contribution < -0.4 is 5.56 Å². The van der Waals surface area contributed by atoms with Gasteiger partial charge in [0.2, 0.25) is 5.82 Å². The fraction of sp³-hybridized carbons (Fsp3) is 0.375. The molecule has 0 radical (unpaired) electrons. The highest BCUT2D eigenvalue weighted by Gasteiger charge is 2.32. The van der Waals surface area contributed by atoms with Gasteiger partial charge in [0.05, 0.1) is 16.8 Å². The number of H-pyrrole nitrogens is 1. The highest BCUT2D eigenvalue weighted by Crippen LogP contribution is 2.38. The number of aromatic nitrogens is 2. The SMILES string of the molecule is Cc1n[nH]c(=O)c(-c2c(F)c(F)c(F)c(F)c2F)c1C1CCOCC1. The standard InChI is InChI=1S/C16H13F5N2O2/c1-6-8(7-2-4-25-5-3-7)9(16(24)23-22-6)10-11(17)13(19)15(21)14(20)12(10)18/h7H,2-5H2,1H3,(H,23,24). The molecule has 0 bridgehead atoms. The number of nitrogens with one attached hydrogen (secondary N) is 1. The number of benzene rings is 1. The summed E-state index contributed by atoms with van der Waals surface area (Å²) in [5, 5.41) is 5.82. The van der Waals surface area contributed by atoms with Crippen molar-refractivity contribution in [2.24, 2.45) is 0 Å². The first-order chi connectivity index (χ1) is 11.8. The molecular weight excluding hydrogens is 347 g/mol. The molecule has 1 aromatic heterocycles. The van der Waals surface area contributed by atoms with Crippen LogP contribution in [-0.2, 0) is 4.74 Å². The summed E-state index contributed by atoms with van der Waals surface area (Å²) in [6, 6.07) is 0. The van der Waals surface area contributed by atoms with E-state index in [-0.39, 0.29) is 17.2 Å². The summed E-state index contributed by atoms with van der Waals surface area (Å²) >= 11 is 0. The molecule has 0 spiro atoms. The number of hydrogen-bond acceptors (Lipinski definition) is 3. The molecule has 0 atom stereocenters. The Morgan fingerprint density at radius 3 is 2.00 bits per heavy atom. The smallest absolute Gasteiger partial charge is 0.272 e. The van der Waals surface area contributed by atoms with Gasteiger partial charge in [-0.3, -0.25) is 4.79 Å². The Kier molecular flexibility index (Phi) is 4.59. The molecule has 2 aromatic rings. The number of hydrogen-bond donors (Lipinski definition) is 1. The first-order valence-corrected chi connectivity index (χ1v) is 7.53. The summed E-state index contributed by atoms with van der Waals surface area (Å²) in [6.45, 7) is 2.21. The Labute approximate surface area is 138 Å². The third-order valence-electron chi connectivity index (χ3n) is 4.30. The van der Waals surface area contributed by atoms with Gasteiger partial charge in [0.1, 0.15) is 0 Å². The molecule has 1 aromatic carbocycles. The Morgan fingerprint density at radius 2 is 1.44 bits per heavy atom. The molecule has 1 N–H and O–H groups in total. The monoisotopic (exact) mass is 360 g/mol. The van der Waals surface area contributed by atoms with Gasteiger partial charge in [-0.1, -0.05) is 0 Å². The zero-order chi connectivity index (χ0) is 18.3. The van der Waals surface area contributed by atoms with Crippen molar-refractivity contribution >= 4 is 0 Å². The van der Waals surface area contributed by atoms with Gasteiger partial charge in [0.15, 0.2) is 23.3 Å². The third kappa shape index (κ3) is 2.82. The predicted molar refractivity (Wildman–Crippen MR) is 77.6 cm³/mol. The molecule has 4 nitrogen and oxygen atoms in total. The fourth-order valence-electron chi connectivity index (χ4n) is 3.11. The minimum absolute atomic E-state index is 0.176. The van der Waals surface area contributed by atoms with Crippen molar-refractivity contribution in [2.45, 2.75) is 25.7 Å². The van der Waals surface area contributed by atoms with E-state index < -0.39 is 45.8 Å². The van der Waals surface area contributed by atoms with Crippen LogP contribution in [0.2, 0.25) is 0 Å². The van der Waals surface area contributed by atoms with Gasteiger partial charge in [0.25, 0.3) is 5.56 Å². The Hall–Kier alpha value is -2.29. The maximum atomic E-state index is 14.2. The summed E-state index contributed by atoms with van der Waals surface area (Å²) in [5.41, 5.74) is -2.40. The summed E-state index contributed by atoms with van der Waals surface area (Å²) < 4.78 is 74.1. The van der Waals surface area contributed by atoms with Crippen LogP contribution in [0.25, 0.3) is 11.1 Å². The van der Waals surface area contributed by atoms with Gasteiger partial charge in [-0.05, 0) is 31.2 Å². The number of nitrogens with zero attached hydrogens (tertiary/aromatic N) is 1. The van der Waals surface area contributed by atoms with Crippen molar-refractivity contribution in [1.82, 2.24) is 10.2 Å². The van der Waals surface area contributed by atoms with Crippen molar-refractivity contribution in [2.75, 3.05) is 13.2 Å². The highest BCUT2D eigenvalue weighted by atomic mass is 19.2. The van der Waals surface area contributed by atoms with E-state index in [0.717, 1.165) is 0 Å². The van der Waals surface area contributed by atoms with Crippen molar-refractivity contribution in [3.63, 3.8) is 0 Å². The quantitative estimate of drug-likeness (QED) is 0.508. The number of aryl methyl sites for hydroxylation is 1. The summed E-state index contributed by atoms with van der Waals surface area (Å²) in [6.07, 6.45) is 0.878. The normalized spacial score (nSPS) is 15.6. The summed E-state index contributed by atoms with van der Waals surface area (Å²) in [5.74, 6) is -10.9. The van der Waals surface area contributed by atoms with E-state index in [1.807, 2.05) is 5.10 Å². The van der Waals surface area contributed by atoms with Crippen LogP contribution in [-0.4, -0.2) is 23.4 Å². The second-order valence-electron chi connectivity index (χ2n) is 5.76. The van der Waals surface area contributed by atoms with E-state index in [2.05, 4.69) is 5.10 Å². The van der Waals surface area contributed by atoms with Crippen LogP contribution in [0.15, 0.2) is 4.79 Å². The van der Waals surface area contributed by atoms with Crippen molar-refractivity contribution in [3.8, 4) is 11.1 Å². The van der Waals surface area contributed by atoms with Gasteiger partial charge in [-0.25, -0.2) is 27.1 Å². The zero-order valence-corrected chi connectivity index (χ0v) is 13.1.